The van der Waals surface area contributed by atoms with Crippen molar-refractivity contribution < 1.29 is 4.39 Å². The van der Waals surface area contributed by atoms with Crippen LogP contribution in [0.2, 0.25) is 0 Å². The van der Waals surface area contributed by atoms with Crippen LogP contribution in [0.1, 0.15) is 24.9 Å². The molecule has 0 aliphatic carbocycles. The maximum absolute atomic E-state index is 13.6. The number of rotatable bonds is 4. The number of aromatic nitrogens is 2. The van der Waals surface area contributed by atoms with Crippen LogP contribution in [0.5, 0.6) is 0 Å². The van der Waals surface area contributed by atoms with E-state index in [4.69, 9.17) is 0 Å². The summed E-state index contributed by atoms with van der Waals surface area (Å²) in [5.74, 6) is -0.189. The Morgan fingerprint density at radius 3 is 2.88 bits per heavy atom. The number of hydrogen-bond donors (Lipinski definition) is 1. The van der Waals surface area contributed by atoms with Crippen LogP contribution in [0.3, 0.4) is 0 Å². The maximum atomic E-state index is 13.6. The number of nitrogens with zero attached hydrogens (tertiary/aromatic N) is 2. The molecule has 0 fully saturated rings. The SMILES string of the molecule is CCC(Nc1nncs1)c1ccccc1F. The van der Waals surface area contributed by atoms with Crippen LogP contribution in [-0.2, 0) is 0 Å². The average Bonchev–Trinajstić information content (AvgIpc) is 2.80. The normalized spacial score (nSPS) is 12.4. The molecule has 1 unspecified atom stereocenters. The molecule has 5 heteroatoms. The van der Waals surface area contributed by atoms with E-state index < -0.39 is 0 Å². The fourth-order valence-corrected chi connectivity index (χ4v) is 2.04. The molecule has 1 aromatic heterocycles. The van der Waals surface area contributed by atoms with Crippen molar-refractivity contribution >= 4 is 16.5 Å². The van der Waals surface area contributed by atoms with Crippen LogP contribution in [-0.4, -0.2) is 10.2 Å². The van der Waals surface area contributed by atoms with Gasteiger partial charge < -0.3 is 5.32 Å². The second-order valence-corrected chi connectivity index (χ2v) is 4.20. The second kappa shape index (κ2) is 5.03. The first-order valence-electron chi connectivity index (χ1n) is 5.08. The number of benzene rings is 1. The van der Waals surface area contributed by atoms with Gasteiger partial charge in [0.25, 0.3) is 0 Å². The first kappa shape index (κ1) is 11.0. The Morgan fingerprint density at radius 2 is 2.25 bits per heavy atom. The zero-order valence-corrected chi connectivity index (χ0v) is 9.67. The molecule has 0 aliphatic rings. The van der Waals surface area contributed by atoms with Gasteiger partial charge in [-0.05, 0) is 12.5 Å². The highest BCUT2D eigenvalue weighted by Gasteiger charge is 2.14. The van der Waals surface area contributed by atoms with Gasteiger partial charge >= 0.3 is 0 Å². The quantitative estimate of drug-likeness (QED) is 0.887. The highest BCUT2D eigenvalue weighted by molar-refractivity contribution is 7.13. The fraction of sp³-hybridized carbons (Fsp3) is 0.273. The smallest absolute Gasteiger partial charge is 0.205 e. The Balaban J connectivity index is 2.20. The third-order valence-corrected chi connectivity index (χ3v) is 2.97. The minimum atomic E-state index is -0.189. The van der Waals surface area contributed by atoms with Crippen LogP contribution >= 0.6 is 11.3 Å². The molecular formula is C11H12FN3S. The predicted molar refractivity (Wildman–Crippen MR) is 63.0 cm³/mol. The van der Waals surface area contributed by atoms with Crippen LogP contribution in [0.15, 0.2) is 29.8 Å². The molecule has 0 spiro atoms. The molecule has 0 radical (unpaired) electrons. The van der Waals surface area contributed by atoms with Crippen molar-refractivity contribution in [3.63, 3.8) is 0 Å². The third kappa shape index (κ3) is 2.36. The Morgan fingerprint density at radius 1 is 1.44 bits per heavy atom. The summed E-state index contributed by atoms with van der Waals surface area (Å²) in [5.41, 5.74) is 2.32. The summed E-state index contributed by atoms with van der Waals surface area (Å²) in [7, 11) is 0. The van der Waals surface area contributed by atoms with E-state index in [-0.39, 0.29) is 11.9 Å². The zero-order chi connectivity index (χ0) is 11.4. The summed E-state index contributed by atoms with van der Waals surface area (Å²) < 4.78 is 13.6. The standard InChI is InChI=1S/C11H12FN3S/c1-2-10(14-11-15-13-7-16-11)8-5-3-4-6-9(8)12/h3-7,10H,2H2,1H3,(H,14,15). The van der Waals surface area contributed by atoms with Gasteiger partial charge in [-0.2, -0.15) is 0 Å². The minimum Gasteiger partial charge on any atom is -0.353 e. The average molecular weight is 237 g/mol. The topological polar surface area (TPSA) is 37.8 Å². The lowest BCUT2D eigenvalue weighted by Gasteiger charge is -2.16. The van der Waals surface area contributed by atoms with Gasteiger partial charge in [-0.15, -0.1) is 10.2 Å². The van der Waals surface area contributed by atoms with Gasteiger partial charge in [-0.3, -0.25) is 0 Å². The predicted octanol–water partition coefficient (Wildman–Crippen LogP) is 3.24. The molecule has 0 aliphatic heterocycles. The van der Waals surface area contributed by atoms with Gasteiger partial charge in [0, 0.05) is 5.56 Å². The Kier molecular flexibility index (Phi) is 3.46. The molecule has 1 aromatic carbocycles. The summed E-state index contributed by atoms with van der Waals surface area (Å²) in [6.45, 7) is 2.01. The van der Waals surface area contributed by atoms with Crippen molar-refractivity contribution in [1.82, 2.24) is 10.2 Å². The van der Waals surface area contributed by atoms with Crippen LogP contribution < -0.4 is 5.32 Å². The van der Waals surface area contributed by atoms with Gasteiger partial charge in [0.05, 0.1) is 6.04 Å². The molecule has 0 bridgehead atoms. The van der Waals surface area contributed by atoms with Crippen LogP contribution in [0.25, 0.3) is 0 Å². The first-order valence-corrected chi connectivity index (χ1v) is 5.96. The summed E-state index contributed by atoms with van der Waals surface area (Å²) in [6.07, 6.45) is 0.792. The molecule has 84 valence electrons. The van der Waals surface area contributed by atoms with Crippen molar-refractivity contribution in [1.29, 1.82) is 0 Å². The van der Waals surface area contributed by atoms with E-state index in [9.17, 15) is 4.39 Å². The second-order valence-electron chi connectivity index (χ2n) is 3.37. The maximum Gasteiger partial charge on any atom is 0.205 e. The fourth-order valence-electron chi connectivity index (χ4n) is 1.54. The number of halogens is 1. The Hall–Kier alpha value is -1.49. The van der Waals surface area contributed by atoms with Crippen molar-refractivity contribution in [3.8, 4) is 0 Å². The highest BCUT2D eigenvalue weighted by Crippen LogP contribution is 2.24. The minimum absolute atomic E-state index is 0.0610. The molecular weight excluding hydrogens is 225 g/mol. The number of hydrogen-bond acceptors (Lipinski definition) is 4. The molecule has 1 N–H and O–H groups in total. The lowest BCUT2D eigenvalue weighted by Crippen LogP contribution is -2.11. The third-order valence-electron chi connectivity index (χ3n) is 2.35. The first-order chi connectivity index (χ1) is 7.81. The van der Waals surface area contributed by atoms with E-state index in [0.29, 0.717) is 5.56 Å². The van der Waals surface area contributed by atoms with Crippen LogP contribution in [0.4, 0.5) is 9.52 Å². The summed E-state index contributed by atoms with van der Waals surface area (Å²) >= 11 is 1.41. The molecule has 0 saturated carbocycles. The molecule has 2 aromatic rings. The Labute approximate surface area is 97.3 Å². The Bertz CT molecular complexity index is 444. The van der Waals surface area contributed by atoms with Gasteiger partial charge in [-0.1, -0.05) is 36.5 Å². The molecule has 0 amide bonds. The van der Waals surface area contributed by atoms with Gasteiger partial charge in [0.15, 0.2) is 0 Å². The molecule has 0 saturated heterocycles. The summed E-state index contributed by atoms with van der Waals surface area (Å²) in [4.78, 5) is 0. The van der Waals surface area contributed by atoms with Gasteiger partial charge in [-0.25, -0.2) is 4.39 Å². The number of anilines is 1. The van der Waals surface area contributed by atoms with Crippen molar-refractivity contribution in [2.45, 2.75) is 19.4 Å². The number of nitrogens with one attached hydrogen (secondary N) is 1. The van der Waals surface area contributed by atoms with E-state index in [2.05, 4.69) is 15.5 Å². The van der Waals surface area contributed by atoms with Gasteiger partial charge in [0.2, 0.25) is 5.13 Å². The van der Waals surface area contributed by atoms with E-state index in [0.717, 1.165) is 11.6 Å². The summed E-state index contributed by atoms with van der Waals surface area (Å²) in [5, 5.41) is 11.5. The van der Waals surface area contributed by atoms with Crippen molar-refractivity contribution in [2.24, 2.45) is 0 Å². The van der Waals surface area contributed by atoms with E-state index in [1.165, 1.54) is 17.4 Å². The van der Waals surface area contributed by atoms with Crippen molar-refractivity contribution in [2.75, 3.05) is 5.32 Å². The lowest BCUT2D eigenvalue weighted by atomic mass is 10.0. The van der Waals surface area contributed by atoms with Gasteiger partial charge in [0.1, 0.15) is 11.3 Å². The molecule has 1 atom stereocenters. The van der Waals surface area contributed by atoms with E-state index in [1.807, 2.05) is 13.0 Å². The monoisotopic (exact) mass is 237 g/mol. The van der Waals surface area contributed by atoms with E-state index in [1.54, 1.807) is 17.6 Å². The van der Waals surface area contributed by atoms with E-state index >= 15 is 0 Å². The van der Waals surface area contributed by atoms with Crippen molar-refractivity contribution in [3.05, 3.63) is 41.2 Å². The molecule has 2 rings (SSSR count). The molecule has 3 nitrogen and oxygen atoms in total. The van der Waals surface area contributed by atoms with Crippen LogP contribution in [0, 0.1) is 5.82 Å². The highest BCUT2D eigenvalue weighted by atomic mass is 32.1. The summed E-state index contributed by atoms with van der Waals surface area (Å²) in [6, 6.07) is 6.73. The lowest BCUT2D eigenvalue weighted by molar-refractivity contribution is 0.587. The molecule has 16 heavy (non-hydrogen) atoms. The molecule has 1 heterocycles. The zero-order valence-electron chi connectivity index (χ0n) is 8.85. The largest absolute Gasteiger partial charge is 0.353 e.